The van der Waals surface area contributed by atoms with Crippen LogP contribution in [0.2, 0.25) is 0 Å². The molecule has 1 heterocycles. The summed E-state index contributed by atoms with van der Waals surface area (Å²) in [6.07, 6.45) is 3.41. The van der Waals surface area contributed by atoms with Crippen LogP contribution in [0.5, 0.6) is 0 Å². The molecule has 80 valence electrons. The Bertz CT molecular complexity index is 151. The Kier molecular flexibility index (Phi) is 8.90. The average molecular weight is 227 g/mol. The highest BCUT2D eigenvalue weighted by atomic mass is 35.5. The van der Waals surface area contributed by atoms with E-state index in [1.165, 1.54) is 12.8 Å². The number of hydrogen-bond acceptors (Lipinski definition) is 1. The van der Waals surface area contributed by atoms with Crippen molar-refractivity contribution in [1.29, 1.82) is 5.41 Å². The first-order valence-corrected chi connectivity index (χ1v) is 4.56. The molecular formula is C9H20Cl2N2. The molecule has 13 heavy (non-hydrogen) atoms. The molecule has 0 aromatic rings. The number of amidine groups is 1. The number of rotatable bonds is 3. The van der Waals surface area contributed by atoms with Crippen LogP contribution in [0.1, 0.15) is 33.1 Å². The number of halogens is 2. The van der Waals surface area contributed by atoms with Gasteiger partial charge in [0.1, 0.15) is 0 Å². The Morgan fingerprint density at radius 3 is 2.46 bits per heavy atom. The van der Waals surface area contributed by atoms with Crippen molar-refractivity contribution in [3.63, 3.8) is 0 Å². The van der Waals surface area contributed by atoms with E-state index in [1.54, 1.807) is 0 Å². The fraction of sp³-hybridized carbons (Fsp3) is 0.889. The lowest BCUT2D eigenvalue weighted by Gasteiger charge is -2.21. The molecule has 0 spiro atoms. The minimum Gasteiger partial charge on any atom is -0.360 e. The smallest absolute Gasteiger partial charge is 0.0958 e. The van der Waals surface area contributed by atoms with Gasteiger partial charge in [0.25, 0.3) is 0 Å². The molecule has 1 fully saturated rings. The van der Waals surface area contributed by atoms with E-state index >= 15 is 0 Å². The molecule has 0 amide bonds. The maximum absolute atomic E-state index is 7.60. The molecule has 0 saturated carbocycles. The third-order valence-corrected chi connectivity index (χ3v) is 2.45. The maximum Gasteiger partial charge on any atom is 0.0958 e. The molecule has 2 nitrogen and oxygen atoms in total. The molecule has 0 bridgehead atoms. The van der Waals surface area contributed by atoms with E-state index in [1.807, 2.05) is 0 Å². The quantitative estimate of drug-likeness (QED) is 0.788. The molecule has 1 saturated heterocycles. The molecule has 1 atom stereocenters. The van der Waals surface area contributed by atoms with Gasteiger partial charge in [-0.1, -0.05) is 20.3 Å². The average Bonchev–Trinajstić information content (AvgIpc) is 2.37. The summed E-state index contributed by atoms with van der Waals surface area (Å²) in [5.74, 6) is 1.60. The minimum atomic E-state index is 0. The van der Waals surface area contributed by atoms with Gasteiger partial charge in [-0.15, -0.1) is 24.8 Å². The molecule has 0 radical (unpaired) electrons. The van der Waals surface area contributed by atoms with E-state index in [0.29, 0.717) is 0 Å². The Labute approximate surface area is 93.4 Å². The van der Waals surface area contributed by atoms with Gasteiger partial charge >= 0.3 is 0 Å². The van der Waals surface area contributed by atoms with Crippen molar-refractivity contribution >= 4 is 30.6 Å². The van der Waals surface area contributed by atoms with Crippen molar-refractivity contribution < 1.29 is 0 Å². The topological polar surface area (TPSA) is 27.1 Å². The number of nitrogens with zero attached hydrogens (tertiary/aromatic N) is 1. The third-order valence-electron chi connectivity index (χ3n) is 2.45. The summed E-state index contributed by atoms with van der Waals surface area (Å²) in [4.78, 5) is 2.22. The van der Waals surface area contributed by atoms with Gasteiger partial charge in [0.05, 0.1) is 5.84 Å². The minimum absolute atomic E-state index is 0. The molecule has 0 aromatic heterocycles. The van der Waals surface area contributed by atoms with Crippen LogP contribution in [0.4, 0.5) is 0 Å². The van der Waals surface area contributed by atoms with Crippen LogP contribution in [0.15, 0.2) is 0 Å². The van der Waals surface area contributed by atoms with Gasteiger partial charge in [0.15, 0.2) is 0 Å². The Morgan fingerprint density at radius 2 is 2.08 bits per heavy atom. The molecule has 0 aliphatic carbocycles. The maximum atomic E-state index is 7.60. The SMILES string of the molecule is CCC(C)CN1CCCC1=N.Cl.Cl. The zero-order chi connectivity index (χ0) is 8.27. The fourth-order valence-electron chi connectivity index (χ4n) is 1.44. The molecule has 1 aliphatic heterocycles. The molecular weight excluding hydrogens is 207 g/mol. The Hall–Kier alpha value is 0.0500. The van der Waals surface area contributed by atoms with Gasteiger partial charge in [-0.2, -0.15) is 0 Å². The van der Waals surface area contributed by atoms with Gasteiger partial charge in [-0.3, -0.25) is 5.41 Å². The lowest BCUT2D eigenvalue weighted by Crippen LogP contribution is -2.28. The molecule has 1 rings (SSSR count). The molecule has 1 N–H and O–H groups in total. The lowest BCUT2D eigenvalue weighted by molar-refractivity contribution is 0.366. The van der Waals surface area contributed by atoms with Crippen molar-refractivity contribution in [3.05, 3.63) is 0 Å². The molecule has 0 aromatic carbocycles. The van der Waals surface area contributed by atoms with E-state index < -0.39 is 0 Å². The van der Waals surface area contributed by atoms with Gasteiger partial charge in [-0.05, 0) is 12.3 Å². The first-order chi connectivity index (χ1) is 5.24. The zero-order valence-electron chi connectivity index (χ0n) is 8.38. The molecule has 1 unspecified atom stereocenters. The van der Waals surface area contributed by atoms with E-state index in [-0.39, 0.29) is 24.8 Å². The summed E-state index contributed by atoms with van der Waals surface area (Å²) < 4.78 is 0. The zero-order valence-corrected chi connectivity index (χ0v) is 10.0. The van der Waals surface area contributed by atoms with Crippen LogP contribution < -0.4 is 0 Å². The van der Waals surface area contributed by atoms with Crippen LogP contribution in [-0.2, 0) is 0 Å². The van der Waals surface area contributed by atoms with E-state index in [9.17, 15) is 0 Å². The number of nitrogens with one attached hydrogen (secondary N) is 1. The summed E-state index contributed by atoms with van der Waals surface area (Å²) in [5, 5.41) is 7.60. The fourth-order valence-corrected chi connectivity index (χ4v) is 1.44. The number of likely N-dealkylation sites (tertiary alicyclic amines) is 1. The second-order valence-corrected chi connectivity index (χ2v) is 3.51. The van der Waals surface area contributed by atoms with E-state index in [2.05, 4.69) is 18.7 Å². The van der Waals surface area contributed by atoms with Gasteiger partial charge < -0.3 is 4.90 Å². The predicted molar refractivity (Wildman–Crippen MR) is 62.5 cm³/mol. The summed E-state index contributed by atoms with van der Waals surface area (Å²) >= 11 is 0. The van der Waals surface area contributed by atoms with Crippen molar-refractivity contribution in [1.82, 2.24) is 4.90 Å². The van der Waals surface area contributed by atoms with Crippen LogP contribution in [0.3, 0.4) is 0 Å². The Balaban J connectivity index is 0. The predicted octanol–water partition coefficient (Wildman–Crippen LogP) is 2.95. The monoisotopic (exact) mass is 226 g/mol. The largest absolute Gasteiger partial charge is 0.360 e. The van der Waals surface area contributed by atoms with E-state index in [4.69, 9.17) is 5.41 Å². The molecule has 4 heteroatoms. The number of hydrogen-bond donors (Lipinski definition) is 1. The third kappa shape index (κ3) is 4.72. The second-order valence-electron chi connectivity index (χ2n) is 3.51. The lowest BCUT2D eigenvalue weighted by atomic mass is 10.1. The highest BCUT2D eigenvalue weighted by Gasteiger charge is 2.17. The standard InChI is InChI=1S/C9H18N2.2ClH/c1-3-8(2)7-11-6-4-5-9(11)10;;/h8,10H,3-7H2,1-2H3;2*1H. The first kappa shape index (κ1) is 15.5. The summed E-state index contributed by atoms with van der Waals surface area (Å²) in [6.45, 7) is 6.68. The van der Waals surface area contributed by atoms with Crippen LogP contribution >= 0.6 is 24.8 Å². The summed E-state index contributed by atoms with van der Waals surface area (Å²) in [5.41, 5.74) is 0. The first-order valence-electron chi connectivity index (χ1n) is 4.56. The van der Waals surface area contributed by atoms with Crippen LogP contribution in [0.25, 0.3) is 0 Å². The van der Waals surface area contributed by atoms with Gasteiger partial charge in [0.2, 0.25) is 0 Å². The van der Waals surface area contributed by atoms with Crippen molar-refractivity contribution in [2.24, 2.45) is 5.92 Å². The Morgan fingerprint density at radius 1 is 1.46 bits per heavy atom. The van der Waals surface area contributed by atoms with E-state index in [0.717, 1.165) is 31.3 Å². The van der Waals surface area contributed by atoms with Crippen molar-refractivity contribution in [2.45, 2.75) is 33.1 Å². The van der Waals surface area contributed by atoms with Crippen LogP contribution in [-0.4, -0.2) is 23.8 Å². The summed E-state index contributed by atoms with van der Waals surface area (Å²) in [7, 11) is 0. The van der Waals surface area contributed by atoms with Crippen molar-refractivity contribution in [2.75, 3.05) is 13.1 Å². The highest BCUT2D eigenvalue weighted by molar-refractivity contribution is 5.85. The van der Waals surface area contributed by atoms with Gasteiger partial charge in [-0.25, -0.2) is 0 Å². The highest BCUT2D eigenvalue weighted by Crippen LogP contribution is 2.13. The summed E-state index contributed by atoms with van der Waals surface area (Å²) in [6, 6.07) is 0. The van der Waals surface area contributed by atoms with Crippen LogP contribution in [0, 0.1) is 11.3 Å². The van der Waals surface area contributed by atoms with Crippen molar-refractivity contribution in [3.8, 4) is 0 Å². The second kappa shape index (κ2) is 7.45. The normalized spacial score (nSPS) is 17.7. The van der Waals surface area contributed by atoms with Gasteiger partial charge in [0, 0.05) is 19.5 Å². The molecule has 1 aliphatic rings.